The molecule has 0 bridgehead atoms. The van der Waals surface area contributed by atoms with Crippen molar-refractivity contribution in [2.75, 3.05) is 6.54 Å². The van der Waals surface area contributed by atoms with Crippen LogP contribution >= 0.6 is 0 Å². The highest BCUT2D eigenvalue weighted by atomic mass is 16.2. The van der Waals surface area contributed by atoms with Crippen LogP contribution in [0.4, 0.5) is 4.79 Å². The summed E-state index contributed by atoms with van der Waals surface area (Å²) in [4.78, 5) is 20.2. The Balaban J connectivity index is 1.37. The second kappa shape index (κ2) is 8.60. The molecular formula is C18H26N6O. The lowest BCUT2D eigenvalue weighted by Crippen LogP contribution is -2.38. The minimum atomic E-state index is -0.113. The molecule has 0 aromatic carbocycles. The van der Waals surface area contributed by atoms with Gasteiger partial charge in [0, 0.05) is 19.3 Å². The topological polar surface area (TPSA) is 84.7 Å². The fraction of sp³-hybridized carbons (Fsp3) is 0.556. The van der Waals surface area contributed by atoms with E-state index in [1.807, 2.05) is 12.1 Å². The van der Waals surface area contributed by atoms with Gasteiger partial charge in [-0.1, -0.05) is 32.3 Å². The highest BCUT2D eigenvalue weighted by Crippen LogP contribution is 2.29. The molecule has 0 saturated heterocycles. The Kier molecular flexibility index (Phi) is 5.98. The van der Waals surface area contributed by atoms with Crippen molar-refractivity contribution >= 4 is 6.03 Å². The lowest BCUT2D eigenvalue weighted by Gasteiger charge is -2.27. The van der Waals surface area contributed by atoms with Gasteiger partial charge in [0.2, 0.25) is 0 Å². The van der Waals surface area contributed by atoms with E-state index in [9.17, 15) is 4.79 Å². The van der Waals surface area contributed by atoms with Gasteiger partial charge in [0.1, 0.15) is 12.7 Å². The maximum atomic E-state index is 12.0. The molecule has 2 aromatic rings. The average Bonchev–Trinajstić information content (AvgIpc) is 3.20. The molecular weight excluding hydrogens is 316 g/mol. The largest absolute Gasteiger partial charge is 0.338 e. The van der Waals surface area contributed by atoms with E-state index in [-0.39, 0.29) is 6.03 Å². The van der Waals surface area contributed by atoms with Crippen molar-refractivity contribution in [3.8, 4) is 5.82 Å². The summed E-state index contributed by atoms with van der Waals surface area (Å²) in [6.07, 6.45) is 11.1. The standard InChI is InChI=1S/C18H26N6O/c1-2-14-3-5-15(6-4-14)9-21-18(25)22-11-16-7-8-17(20-10-16)24-13-19-12-23-24/h7-8,10,12-15H,2-6,9,11H2,1H3,(H2,21,22,25). The van der Waals surface area contributed by atoms with Crippen molar-refractivity contribution in [1.82, 2.24) is 30.4 Å². The second-order valence-corrected chi connectivity index (χ2v) is 6.72. The van der Waals surface area contributed by atoms with E-state index in [0.29, 0.717) is 18.3 Å². The Labute approximate surface area is 148 Å². The van der Waals surface area contributed by atoms with Gasteiger partial charge in [-0.2, -0.15) is 5.10 Å². The summed E-state index contributed by atoms with van der Waals surface area (Å²) in [7, 11) is 0. The molecule has 1 aliphatic rings. The van der Waals surface area contributed by atoms with Crippen LogP contribution in [-0.4, -0.2) is 32.3 Å². The summed E-state index contributed by atoms with van der Waals surface area (Å²) in [5.41, 5.74) is 0.947. The van der Waals surface area contributed by atoms with E-state index in [4.69, 9.17) is 0 Å². The number of amides is 2. The third kappa shape index (κ3) is 5.01. The highest BCUT2D eigenvalue weighted by molar-refractivity contribution is 5.73. The molecule has 7 heteroatoms. The van der Waals surface area contributed by atoms with E-state index in [1.54, 1.807) is 17.2 Å². The van der Waals surface area contributed by atoms with Crippen LogP contribution in [-0.2, 0) is 6.54 Å². The fourth-order valence-corrected chi connectivity index (χ4v) is 3.31. The summed E-state index contributed by atoms with van der Waals surface area (Å²) in [5, 5.41) is 9.92. The first kappa shape index (κ1) is 17.4. The molecule has 2 heterocycles. The van der Waals surface area contributed by atoms with Crippen molar-refractivity contribution in [1.29, 1.82) is 0 Å². The lowest BCUT2D eigenvalue weighted by atomic mass is 9.81. The van der Waals surface area contributed by atoms with Crippen molar-refractivity contribution in [2.45, 2.75) is 45.6 Å². The molecule has 2 N–H and O–H groups in total. The number of aromatic nitrogens is 4. The molecule has 3 rings (SSSR count). The molecule has 0 radical (unpaired) electrons. The van der Waals surface area contributed by atoms with E-state index >= 15 is 0 Å². The van der Waals surface area contributed by atoms with E-state index in [0.717, 1.165) is 18.0 Å². The molecule has 2 aromatic heterocycles. The number of urea groups is 1. The minimum absolute atomic E-state index is 0.113. The molecule has 1 aliphatic carbocycles. The van der Waals surface area contributed by atoms with Crippen LogP contribution in [0.3, 0.4) is 0 Å². The summed E-state index contributed by atoms with van der Waals surface area (Å²) in [6, 6.07) is 3.67. The number of pyridine rings is 1. The smallest absolute Gasteiger partial charge is 0.315 e. The summed E-state index contributed by atoms with van der Waals surface area (Å²) < 4.78 is 1.59. The molecule has 25 heavy (non-hydrogen) atoms. The van der Waals surface area contributed by atoms with Crippen LogP contribution < -0.4 is 10.6 Å². The first-order chi connectivity index (χ1) is 12.2. The fourth-order valence-electron chi connectivity index (χ4n) is 3.31. The number of nitrogens with one attached hydrogen (secondary N) is 2. The quantitative estimate of drug-likeness (QED) is 0.845. The van der Waals surface area contributed by atoms with Gasteiger partial charge >= 0.3 is 6.03 Å². The minimum Gasteiger partial charge on any atom is -0.338 e. The normalized spacial score (nSPS) is 20.2. The molecule has 7 nitrogen and oxygen atoms in total. The molecule has 1 fully saturated rings. The van der Waals surface area contributed by atoms with E-state index < -0.39 is 0 Å². The molecule has 0 unspecified atom stereocenters. The highest BCUT2D eigenvalue weighted by Gasteiger charge is 2.20. The van der Waals surface area contributed by atoms with Crippen molar-refractivity contribution in [2.24, 2.45) is 11.8 Å². The lowest BCUT2D eigenvalue weighted by molar-refractivity contribution is 0.229. The van der Waals surface area contributed by atoms with Crippen LogP contribution in [0.1, 0.15) is 44.6 Å². The molecule has 0 aliphatic heterocycles. The maximum absolute atomic E-state index is 12.0. The van der Waals surface area contributed by atoms with Gasteiger partial charge in [0.25, 0.3) is 0 Å². The number of nitrogens with zero attached hydrogens (tertiary/aromatic N) is 4. The zero-order valence-electron chi connectivity index (χ0n) is 14.7. The summed E-state index contributed by atoms with van der Waals surface area (Å²) >= 11 is 0. The van der Waals surface area contributed by atoms with Gasteiger partial charge in [-0.3, -0.25) is 0 Å². The average molecular weight is 342 g/mol. The van der Waals surface area contributed by atoms with Crippen LogP contribution in [0.25, 0.3) is 5.82 Å². The SMILES string of the molecule is CCC1CCC(CNC(=O)NCc2ccc(-n3cncn3)nc2)CC1. The number of hydrogen-bond acceptors (Lipinski definition) is 4. The van der Waals surface area contributed by atoms with Crippen LogP contribution in [0.15, 0.2) is 31.0 Å². The van der Waals surface area contributed by atoms with E-state index in [1.165, 1.54) is 38.4 Å². The molecule has 0 spiro atoms. The third-order valence-corrected chi connectivity index (χ3v) is 5.01. The van der Waals surface area contributed by atoms with Gasteiger partial charge in [-0.25, -0.2) is 19.4 Å². The molecule has 134 valence electrons. The maximum Gasteiger partial charge on any atom is 0.315 e. The van der Waals surface area contributed by atoms with Crippen LogP contribution in [0.2, 0.25) is 0 Å². The monoisotopic (exact) mass is 342 g/mol. The number of carbonyl (C=O) groups excluding carboxylic acids is 1. The van der Waals surface area contributed by atoms with Gasteiger partial charge in [0.15, 0.2) is 5.82 Å². The zero-order valence-corrected chi connectivity index (χ0v) is 14.7. The van der Waals surface area contributed by atoms with Crippen molar-refractivity contribution in [3.63, 3.8) is 0 Å². The van der Waals surface area contributed by atoms with Crippen molar-refractivity contribution in [3.05, 3.63) is 36.5 Å². The van der Waals surface area contributed by atoms with E-state index in [2.05, 4.69) is 32.6 Å². The van der Waals surface area contributed by atoms with Gasteiger partial charge < -0.3 is 10.6 Å². The Morgan fingerprint density at radius 3 is 2.64 bits per heavy atom. The summed E-state index contributed by atoms with van der Waals surface area (Å²) in [5.74, 6) is 2.21. The number of rotatable bonds is 6. The Morgan fingerprint density at radius 2 is 2.00 bits per heavy atom. The predicted molar refractivity (Wildman–Crippen MR) is 95.1 cm³/mol. The molecule has 2 amide bonds. The van der Waals surface area contributed by atoms with Crippen LogP contribution in [0, 0.1) is 11.8 Å². The second-order valence-electron chi connectivity index (χ2n) is 6.72. The Hall–Kier alpha value is -2.44. The first-order valence-corrected chi connectivity index (χ1v) is 9.06. The molecule has 0 atom stereocenters. The number of carbonyl (C=O) groups is 1. The van der Waals surface area contributed by atoms with Gasteiger partial charge in [-0.05, 0) is 36.3 Å². The summed E-state index contributed by atoms with van der Waals surface area (Å²) in [6.45, 7) is 3.49. The number of hydrogen-bond donors (Lipinski definition) is 2. The van der Waals surface area contributed by atoms with Crippen molar-refractivity contribution < 1.29 is 4.79 Å². The van der Waals surface area contributed by atoms with Gasteiger partial charge in [-0.15, -0.1) is 0 Å². The Morgan fingerprint density at radius 1 is 1.20 bits per heavy atom. The zero-order chi connectivity index (χ0) is 17.5. The van der Waals surface area contributed by atoms with Gasteiger partial charge in [0.05, 0.1) is 0 Å². The van der Waals surface area contributed by atoms with Crippen LogP contribution in [0.5, 0.6) is 0 Å². The first-order valence-electron chi connectivity index (χ1n) is 9.06. The third-order valence-electron chi connectivity index (χ3n) is 5.01. The molecule has 1 saturated carbocycles. The predicted octanol–water partition coefficient (Wildman–Crippen LogP) is 2.68. The Bertz CT molecular complexity index is 647.